The number of nitrogens with one attached hydrogen (secondary N) is 2. The van der Waals surface area contributed by atoms with Crippen LogP contribution in [0.15, 0.2) is 12.8 Å². The van der Waals surface area contributed by atoms with Crippen molar-refractivity contribution in [2.45, 2.75) is 16.9 Å². The second-order valence-electron chi connectivity index (χ2n) is 2.26. The van der Waals surface area contributed by atoms with Crippen LogP contribution in [0.1, 0.15) is 6.92 Å². The summed E-state index contributed by atoms with van der Waals surface area (Å²) in [5, 5.41) is 5.59. The molecule has 2 N–H and O–H groups in total. The minimum atomic E-state index is 0.0354. The Morgan fingerprint density at radius 2 is 2.45 bits per heavy atom. The zero-order chi connectivity index (χ0) is 8.69. The Kier molecular flexibility index (Phi) is 6.59. The van der Waals surface area contributed by atoms with Gasteiger partial charge in [-0.05, 0) is 0 Å². The van der Waals surface area contributed by atoms with Gasteiger partial charge in [0.25, 0.3) is 0 Å². The van der Waals surface area contributed by atoms with Crippen LogP contribution in [0.3, 0.4) is 0 Å². The zero-order valence-electron chi connectivity index (χ0n) is 6.68. The Morgan fingerprint density at radius 3 is 2.91 bits per heavy atom. The Morgan fingerprint density at radius 1 is 1.82 bits per heavy atom. The first-order valence-electron chi connectivity index (χ1n) is 3.49. The summed E-state index contributed by atoms with van der Waals surface area (Å²) in [6.45, 7) is 5.79. The van der Waals surface area contributed by atoms with Crippen molar-refractivity contribution in [3.63, 3.8) is 0 Å². The summed E-state index contributed by atoms with van der Waals surface area (Å²) >= 11 is 1.13. The van der Waals surface area contributed by atoms with Crippen molar-refractivity contribution >= 4 is 31.7 Å². The summed E-state index contributed by atoms with van der Waals surface area (Å²) in [7, 11) is 0. The van der Waals surface area contributed by atoms with Gasteiger partial charge in [-0.15, -0.1) is 0 Å². The average Bonchev–Trinajstić information content (AvgIpc) is 2.00. The molecule has 0 heterocycles. The average molecular weight is 348 g/mol. The fourth-order valence-corrected chi connectivity index (χ4v) is 0.939. The summed E-state index contributed by atoms with van der Waals surface area (Å²) in [5.41, 5.74) is 0. The van der Waals surface area contributed by atoms with Crippen molar-refractivity contribution in [1.29, 1.82) is 0 Å². The number of amides is 1. The van der Waals surface area contributed by atoms with Gasteiger partial charge >= 0.3 is 83.4 Å². The van der Waals surface area contributed by atoms with Crippen LogP contribution >= 0.6 is 0 Å². The molecule has 11 heavy (non-hydrogen) atoms. The van der Waals surface area contributed by atoms with Crippen LogP contribution in [-0.2, 0) is 4.79 Å². The van der Waals surface area contributed by atoms with Crippen LogP contribution in [0.5, 0.6) is 0 Å². The first kappa shape index (κ1) is 10.9. The van der Waals surface area contributed by atoms with E-state index in [0.717, 1.165) is 29.7 Å². The van der Waals surface area contributed by atoms with E-state index in [9.17, 15) is 4.79 Å². The van der Waals surface area contributed by atoms with Crippen LogP contribution in [0, 0.1) is 0 Å². The molecule has 0 aromatic heterocycles. The molecule has 0 aromatic rings. The first-order valence-corrected chi connectivity index (χ1v) is 6.23. The van der Waals surface area contributed by atoms with Gasteiger partial charge in [0, 0.05) is 0 Å². The molecule has 1 atom stereocenters. The van der Waals surface area contributed by atoms with E-state index in [4.69, 9.17) is 0 Å². The molecule has 0 aromatic carbocycles. The normalized spacial score (nSPS) is 11.8. The number of hydrogen-bond donors (Lipinski definition) is 2. The van der Waals surface area contributed by atoms with Gasteiger partial charge in [-0.25, -0.2) is 0 Å². The Labute approximate surface area is 83.3 Å². The summed E-state index contributed by atoms with van der Waals surface area (Å²) in [4.78, 5) is 11.0. The van der Waals surface area contributed by atoms with Crippen molar-refractivity contribution < 1.29 is 4.79 Å². The van der Waals surface area contributed by atoms with Crippen molar-refractivity contribution in [3.05, 3.63) is 12.8 Å². The predicted molar refractivity (Wildman–Crippen MR) is 46.4 cm³/mol. The van der Waals surface area contributed by atoms with Gasteiger partial charge in [0.05, 0.1) is 0 Å². The quantitative estimate of drug-likeness (QED) is 0.677. The predicted octanol–water partition coefficient (Wildman–Crippen LogP) is -0.189. The van der Waals surface area contributed by atoms with Crippen LogP contribution in [0.4, 0.5) is 0 Å². The molecular weight excluding hydrogens is 335 g/mol. The van der Waals surface area contributed by atoms with Gasteiger partial charge in [0.2, 0.25) is 0 Å². The Bertz CT molecular complexity index is 138. The third kappa shape index (κ3) is 6.33. The van der Waals surface area contributed by atoms with E-state index in [2.05, 4.69) is 17.2 Å². The van der Waals surface area contributed by atoms with Gasteiger partial charge in [0.15, 0.2) is 0 Å². The van der Waals surface area contributed by atoms with Crippen LogP contribution in [0.2, 0.25) is 3.98 Å². The molecule has 3 nitrogen and oxygen atoms in total. The van der Waals surface area contributed by atoms with Gasteiger partial charge in [-0.3, -0.25) is 0 Å². The van der Waals surface area contributed by atoms with Gasteiger partial charge < -0.3 is 0 Å². The molecule has 0 saturated heterocycles. The van der Waals surface area contributed by atoms with Crippen molar-refractivity contribution in [2.75, 3.05) is 6.54 Å². The second-order valence-corrected chi connectivity index (χ2v) is 3.84. The van der Waals surface area contributed by atoms with Crippen molar-refractivity contribution in [1.82, 2.24) is 10.6 Å². The summed E-state index contributed by atoms with van der Waals surface area (Å²) < 4.78 is 1.10. The van der Waals surface area contributed by atoms with Crippen LogP contribution in [0.25, 0.3) is 0 Å². The third-order valence-electron chi connectivity index (χ3n) is 1.12. The monoisotopic (exact) mass is 349 g/mol. The number of carbonyl (C=O) groups excluding carboxylic acids is 1. The molecule has 0 saturated carbocycles. The topological polar surface area (TPSA) is 41.1 Å². The summed E-state index contributed by atoms with van der Waals surface area (Å²) in [6, 6.07) is 0.320. The Balaban J connectivity index is 3.43. The fraction of sp³-hybridized carbons (Fsp3) is 0.571. The van der Waals surface area contributed by atoms with Gasteiger partial charge in [-0.1, -0.05) is 0 Å². The van der Waals surface area contributed by atoms with Crippen LogP contribution < -0.4 is 10.6 Å². The SMILES string of the molecule is C=CNCC(=O)NC(C)[CH2][Pb]. The zero-order valence-corrected chi connectivity index (χ0v) is 10.6. The molecule has 0 spiro atoms. The molecule has 4 heteroatoms. The third-order valence-corrected chi connectivity index (χ3v) is 3.50. The van der Waals surface area contributed by atoms with Gasteiger partial charge in [-0.2, -0.15) is 0 Å². The molecule has 0 aliphatic carbocycles. The number of carbonyl (C=O) groups is 1. The van der Waals surface area contributed by atoms with E-state index in [0.29, 0.717) is 12.6 Å². The standard InChI is InChI=1S/C7H13N2O.Pb/c1-4-8-5-7(10)9-6(2)3;/h4,6,8H,1-2,5H2,3H3,(H,9,10);. The van der Waals surface area contributed by atoms with E-state index in [1.807, 2.05) is 6.92 Å². The first-order chi connectivity index (χ1) is 5.20. The molecule has 0 rings (SSSR count). The van der Waals surface area contributed by atoms with E-state index in [-0.39, 0.29) is 5.91 Å². The van der Waals surface area contributed by atoms with Gasteiger partial charge in [0.1, 0.15) is 0 Å². The van der Waals surface area contributed by atoms with E-state index in [1.54, 1.807) is 0 Å². The second kappa shape index (κ2) is 6.63. The minimum absolute atomic E-state index is 0.0354. The molecule has 1 unspecified atom stereocenters. The Hall–Kier alpha value is -0.0679. The molecule has 0 aliphatic rings. The molecule has 61 valence electrons. The van der Waals surface area contributed by atoms with E-state index >= 15 is 0 Å². The molecule has 0 fully saturated rings. The molecule has 1 amide bonds. The summed E-state index contributed by atoms with van der Waals surface area (Å²) in [5.74, 6) is 0.0354. The number of rotatable bonds is 5. The maximum absolute atomic E-state index is 11.0. The van der Waals surface area contributed by atoms with Crippen molar-refractivity contribution in [3.8, 4) is 0 Å². The van der Waals surface area contributed by atoms with Crippen LogP contribution in [-0.4, -0.2) is 44.3 Å². The molecule has 0 aliphatic heterocycles. The summed E-state index contributed by atoms with van der Waals surface area (Å²) in [6.07, 6.45) is 1.52. The molecular formula is C7H13N2OPb. The molecule has 3 radical (unpaired) electrons. The maximum atomic E-state index is 11.0. The van der Waals surface area contributed by atoms with Crippen molar-refractivity contribution in [2.24, 2.45) is 0 Å². The van der Waals surface area contributed by atoms with E-state index in [1.165, 1.54) is 6.20 Å². The van der Waals surface area contributed by atoms with E-state index < -0.39 is 0 Å². The number of hydrogen-bond acceptors (Lipinski definition) is 2. The fourth-order valence-electron chi connectivity index (χ4n) is 0.542. The molecule has 0 bridgehead atoms.